The molecule has 21 heavy (non-hydrogen) atoms. The van der Waals surface area contributed by atoms with Crippen LogP contribution in [0.3, 0.4) is 0 Å². The minimum atomic E-state index is -0.686. The van der Waals surface area contributed by atoms with Crippen LogP contribution in [0.5, 0.6) is 5.75 Å². The fourth-order valence-electron chi connectivity index (χ4n) is 2.39. The average molecular weight is 284 g/mol. The van der Waals surface area contributed by atoms with E-state index in [1.54, 1.807) is 32.0 Å². The third-order valence-corrected chi connectivity index (χ3v) is 3.29. The van der Waals surface area contributed by atoms with E-state index in [9.17, 15) is 4.79 Å². The van der Waals surface area contributed by atoms with Gasteiger partial charge in [-0.2, -0.15) is 5.26 Å². The summed E-state index contributed by atoms with van der Waals surface area (Å²) in [5, 5.41) is 9.15. The van der Waals surface area contributed by atoms with Gasteiger partial charge in [0.2, 0.25) is 5.76 Å². The Morgan fingerprint density at radius 1 is 1.24 bits per heavy atom. The lowest BCUT2D eigenvalue weighted by Crippen LogP contribution is -2.26. The van der Waals surface area contributed by atoms with Crippen LogP contribution in [0, 0.1) is 25.2 Å². The lowest BCUT2D eigenvalue weighted by molar-refractivity contribution is 0.373. The molecule has 0 amide bonds. The zero-order valence-corrected chi connectivity index (χ0v) is 11.5. The molecule has 3 rings (SSSR count). The zero-order chi connectivity index (χ0) is 15.1. The molecular weight excluding hydrogens is 272 g/mol. The molecule has 2 aromatic rings. The van der Waals surface area contributed by atoms with Crippen molar-refractivity contribution in [3.8, 4) is 11.8 Å². The number of nitrogens with zero attached hydrogens (tertiary/aromatic N) is 1. The number of aryl methyl sites for hydroxylation is 2. The van der Waals surface area contributed by atoms with Gasteiger partial charge >= 0.3 is 5.63 Å². The number of nitrogens with two attached hydrogens (primary N) is 1. The molecule has 0 spiro atoms. The number of rotatable bonds is 1. The molecule has 3 heterocycles. The highest BCUT2D eigenvalue weighted by Crippen LogP contribution is 2.39. The van der Waals surface area contributed by atoms with E-state index in [1.807, 2.05) is 6.07 Å². The van der Waals surface area contributed by atoms with Crippen molar-refractivity contribution in [1.29, 1.82) is 5.26 Å². The molecule has 1 atom stereocenters. The van der Waals surface area contributed by atoms with Crippen molar-refractivity contribution in [3.63, 3.8) is 0 Å². The summed E-state index contributed by atoms with van der Waals surface area (Å²) in [6, 6.07) is 6.94. The molecule has 6 heteroatoms. The molecule has 0 aliphatic carbocycles. The molecule has 2 N–H and O–H groups in total. The van der Waals surface area contributed by atoms with Crippen molar-refractivity contribution in [1.82, 2.24) is 0 Å². The molecule has 2 aromatic heterocycles. The van der Waals surface area contributed by atoms with Crippen LogP contribution in [0.4, 0.5) is 0 Å². The van der Waals surface area contributed by atoms with E-state index in [1.165, 1.54) is 0 Å². The Bertz CT molecular complexity index is 851. The van der Waals surface area contributed by atoms with Crippen molar-refractivity contribution in [2.24, 2.45) is 5.73 Å². The van der Waals surface area contributed by atoms with Gasteiger partial charge in [-0.05, 0) is 26.0 Å². The first-order valence-corrected chi connectivity index (χ1v) is 6.30. The number of hydrogen-bond donors (Lipinski definition) is 1. The maximum atomic E-state index is 12.2. The fraction of sp³-hybridized carbons (Fsp3) is 0.200. The van der Waals surface area contributed by atoms with Crippen LogP contribution >= 0.6 is 0 Å². The predicted molar refractivity (Wildman–Crippen MR) is 72.5 cm³/mol. The summed E-state index contributed by atoms with van der Waals surface area (Å²) in [4.78, 5) is 12.2. The smallest absolute Gasteiger partial charge is 0.344 e. The summed E-state index contributed by atoms with van der Waals surface area (Å²) < 4.78 is 16.1. The highest BCUT2D eigenvalue weighted by molar-refractivity contribution is 5.50. The number of fused-ring (bicyclic) bond motifs is 1. The number of ether oxygens (including phenoxy) is 1. The lowest BCUT2D eigenvalue weighted by atomic mass is 9.91. The maximum absolute atomic E-state index is 12.2. The fourth-order valence-corrected chi connectivity index (χ4v) is 2.39. The third-order valence-electron chi connectivity index (χ3n) is 3.29. The van der Waals surface area contributed by atoms with Crippen LogP contribution in [0.15, 0.2) is 43.3 Å². The van der Waals surface area contributed by atoms with Gasteiger partial charge < -0.3 is 19.3 Å². The minimum absolute atomic E-state index is 0.0356. The van der Waals surface area contributed by atoms with Crippen molar-refractivity contribution in [2.75, 3.05) is 0 Å². The number of nitriles is 1. The highest BCUT2D eigenvalue weighted by Gasteiger charge is 2.35. The number of furan rings is 1. The molecule has 0 radical (unpaired) electrons. The van der Waals surface area contributed by atoms with E-state index >= 15 is 0 Å². The summed E-state index contributed by atoms with van der Waals surface area (Å²) in [5.41, 5.74) is 5.81. The van der Waals surface area contributed by atoms with E-state index in [2.05, 4.69) is 0 Å². The summed E-state index contributed by atoms with van der Waals surface area (Å²) in [6.07, 6.45) is 0. The van der Waals surface area contributed by atoms with Crippen molar-refractivity contribution in [3.05, 3.63) is 62.9 Å². The first-order valence-electron chi connectivity index (χ1n) is 6.30. The quantitative estimate of drug-likeness (QED) is 0.859. The van der Waals surface area contributed by atoms with Gasteiger partial charge in [0, 0.05) is 6.07 Å². The van der Waals surface area contributed by atoms with Gasteiger partial charge in [0.15, 0.2) is 0 Å². The van der Waals surface area contributed by atoms with E-state index in [0.29, 0.717) is 17.3 Å². The SMILES string of the molecule is Cc1ccc(C2C(N)=C(C#N)Oc3cc(C)oc(=O)c32)o1. The van der Waals surface area contributed by atoms with Crippen LogP contribution in [-0.2, 0) is 0 Å². The van der Waals surface area contributed by atoms with Gasteiger partial charge in [-0.25, -0.2) is 4.79 Å². The van der Waals surface area contributed by atoms with Gasteiger partial charge in [-0.15, -0.1) is 0 Å². The molecule has 106 valence electrons. The number of allylic oxidation sites excluding steroid dienone is 2. The Morgan fingerprint density at radius 3 is 2.62 bits per heavy atom. The Morgan fingerprint density at radius 2 is 2.00 bits per heavy atom. The van der Waals surface area contributed by atoms with Crippen molar-refractivity contribution in [2.45, 2.75) is 19.8 Å². The normalized spacial score (nSPS) is 17.1. The third kappa shape index (κ3) is 1.99. The molecule has 0 fully saturated rings. The zero-order valence-electron chi connectivity index (χ0n) is 11.5. The Hall–Kier alpha value is -2.94. The second kappa shape index (κ2) is 4.56. The summed E-state index contributed by atoms with van der Waals surface area (Å²) in [6.45, 7) is 3.41. The van der Waals surface area contributed by atoms with Gasteiger partial charge in [-0.3, -0.25) is 0 Å². The molecule has 1 unspecified atom stereocenters. The molecule has 0 aromatic carbocycles. The van der Waals surface area contributed by atoms with E-state index in [-0.39, 0.29) is 22.8 Å². The summed E-state index contributed by atoms with van der Waals surface area (Å²) in [5.74, 6) is 1.10. The summed E-state index contributed by atoms with van der Waals surface area (Å²) in [7, 11) is 0. The second-order valence-electron chi connectivity index (χ2n) is 4.80. The highest BCUT2D eigenvalue weighted by atomic mass is 16.5. The van der Waals surface area contributed by atoms with Crippen LogP contribution in [0.25, 0.3) is 0 Å². The monoisotopic (exact) mass is 284 g/mol. The predicted octanol–water partition coefficient (Wildman–Crippen LogP) is 2.07. The first kappa shape index (κ1) is 13.1. The van der Waals surface area contributed by atoms with Crippen molar-refractivity contribution < 1.29 is 13.6 Å². The minimum Gasteiger partial charge on any atom is -0.465 e. The Kier molecular flexibility index (Phi) is 2.84. The lowest BCUT2D eigenvalue weighted by Gasteiger charge is -2.23. The topological polar surface area (TPSA) is 102 Å². The molecule has 1 aliphatic rings. The van der Waals surface area contributed by atoms with Crippen LogP contribution in [0.1, 0.15) is 28.8 Å². The second-order valence-corrected chi connectivity index (χ2v) is 4.80. The largest absolute Gasteiger partial charge is 0.465 e. The molecule has 1 aliphatic heterocycles. The van der Waals surface area contributed by atoms with Crippen molar-refractivity contribution >= 4 is 0 Å². The standard InChI is InChI=1S/C15H12N2O4/c1-7-3-4-9(19-7)12-13-10(5-8(2)20-15(13)18)21-11(6-16)14(12)17/h3-5,12H,17H2,1-2H3. The summed E-state index contributed by atoms with van der Waals surface area (Å²) >= 11 is 0. The van der Waals surface area contributed by atoms with Gasteiger partial charge in [0.05, 0.1) is 17.2 Å². The van der Waals surface area contributed by atoms with Gasteiger partial charge in [0.1, 0.15) is 29.1 Å². The molecule has 6 nitrogen and oxygen atoms in total. The Labute approximate surface area is 120 Å². The first-order chi connectivity index (χ1) is 10.0. The van der Waals surface area contributed by atoms with E-state index in [4.69, 9.17) is 24.6 Å². The molecule has 0 bridgehead atoms. The van der Waals surface area contributed by atoms with Crippen LogP contribution in [0.2, 0.25) is 0 Å². The molecular formula is C15H12N2O4. The van der Waals surface area contributed by atoms with Gasteiger partial charge in [-0.1, -0.05) is 0 Å². The molecule has 0 saturated heterocycles. The van der Waals surface area contributed by atoms with Crippen LogP contribution in [-0.4, -0.2) is 0 Å². The van der Waals surface area contributed by atoms with Gasteiger partial charge in [0.25, 0.3) is 0 Å². The molecule has 0 saturated carbocycles. The number of hydrogen-bond acceptors (Lipinski definition) is 6. The Balaban J connectivity index is 2.30. The van der Waals surface area contributed by atoms with E-state index in [0.717, 1.165) is 0 Å². The average Bonchev–Trinajstić information content (AvgIpc) is 2.85. The van der Waals surface area contributed by atoms with Crippen LogP contribution < -0.4 is 16.1 Å². The van der Waals surface area contributed by atoms with E-state index < -0.39 is 11.5 Å². The maximum Gasteiger partial charge on any atom is 0.344 e.